The van der Waals surface area contributed by atoms with Gasteiger partial charge in [0.25, 0.3) is 5.91 Å². The largest absolute Gasteiger partial charge is 0.346 e. The predicted molar refractivity (Wildman–Crippen MR) is 103 cm³/mol. The summed E-state index contributed by atoms with van der Waals surface area (Å²) in [5, 5.41) is 9.04. The van der Waals surface area contributed by atoms with E-state index in [9.17, 15) is 4.79 Å². The Kier molecular flexibility index (Phi) is 3.20. The predicted octanol–water partition coefficient (Wildman–Crippen LogP) is 3.18. The molecule has 136 valence electrons. The van der Waals surface area contributed by atoms with E-state index < -0.39 is 0 Å². The van der Waals surface area contributed by atoms with Crippen LogP contribution in [0.3, 0.4) is 0 Å². The normalized spacial score (nSPS) is 32.7. The van der Waals surface area contributed by atoms with Gasteiger partial charge in [0.1, 0.15) is 0 Å². The minimum Gasteiger partial charge on any atom is -0.346 e. The molecule has 2 aromatic rings. The highest BCUT2D eigenvalue weighted by molar-refractivity contribution is 9.10. The van der Waals surface area contributed by atoms with Crippen molar-refractivity contribution in [3.05, 3.63) is 28.4 Å². The van der Waals surface area contributed by atoms with E-state index in [-0.39, 0.29) is 11.9 Å². The van der Waals surface area contributed by atoms with Crippen molar-refractivity contribution in [3.8, 4) is 0 Å². The number of nitrogens with one attached hydrogen (secondary N) is 1. The summed E-state index contributed by atoms with van der Waals surface area (Å²) in [6.45, 7) is 3.14. The molecule has 2 saturated heterocycles. The number of halogens is 1. The summed E-state index contributed by atoms with van der Waals surface area (Å²) in [4.78, 5) is 15.7. The van der Waals surface area contributed by atoms with Gasteiger partial charge in [-0.1, -0.05) is 15.9 Å². The van der Waals surface area contributed by atoms with Gasteiger partial charge in [-0.2, -0.15) is 5.10 Å². The van der Waals surface area contributed by atoms with Crippen molar-refractivity contribution in [2.45, 2.75) is 50.2 Å². The fourth-order valence-corrected chi connectivity index (χ4v) is 5.87. The van der Waals surface area contributed by atoms with Crippen molar-refractivity contribution in [1.82, 2.24) is 20.0 Å². The number of benzene rings is 1. The highest BCUT2D eigenvalue weighted by Gasteiger charge is 2.63. The first-order chi connectivity index (χ1) is 12.6. The number of fused-ring (bicyclic) bond motifs is 1. The van der Waals surface area contributed by atoms with Crippen molar-refractivity contribution in [1.29, 1.82) is 0 Å². The van der Waals surface area contributed by atoms with Gasteiger partial charge in [-0.3, -0.25) is 14.4 Å². The molecule has 5 nitrogen and oxygen atoms in total. The minimum atomic E-state index is -0.00260. The molecule has 1 N–H and O–H groups in total. The molecule has 3 heterocycles. The molecular weight excluding hydrogens is 392 g/mol. The Balaban J connectivity index is 1.31. The Labute approximate surface area is 161 Å². The highest BCUT2D eigenvalue weighted by atomic mass is 79.9. The maximum absolute atomic E-state index is 13.1. The van der Waals surface area contributed by atoms with E-state index in [2.05, 4.69) is 32.2 Å². The smallest absolute Gasteiger partial charge is 0.272 e. The van der Waals surface area contributed by atoms with Gasteiger partial charge in [0.05, 0.1) is 5.52 Å². The molecule has 3 atom stereocenters. The second-order valence-electron chi connectivity index (χ2n) is 8.66. The fourth-order valence-electron chi connectivity index (χ4n) is 5.50. The molecule has 1 unspecified atom stereocenters. The number of amides is 1. The molecule has 1 aromatic heterocycles. The van der Waals surface area contributed by atoms with E-state index in [0.717, 1.165) is 34.4 Å². The molecule has 6 rings (SSSR count). The molecule has 1 aromatic carbocycles. The number of hydrogen-bond donors (Lipinski definition) is 1. The lowest BCUT2D eigenvalue weighted by Gasteiger charge is -2.58. The molecule has 0 radical (unpaired) electrons. The van der Waals surface area contributed by atoms with Crippen molar-refractivity contribution in [2.75, 3.05) is 13.1 Å². The van der Waals surface area contributed by atoms with Crippen LogP contribution in [0.4, 0.5) is 0 Å². The lowest BCUT2D eigenvalue weighted by Crippen LogP contribution is -2.64. The number of nitrogens with zero attached hydrogens (tertiary/aromatic N) is 3. The minimum absolute atomic E-state index is 0.00260. The fraction of sp³-hybridized carbons (Fsp3) is 0.600. The van der Waals surface area contributed by atoms with Crippen LogP contribution in [0.2, 0.25) is 0 Å². The van der Waals surface area contributed by atoms with Gasteiger partial charge in [0.15, 0.2) is 5.69 Å². The van der Waals surface area contributed by atoms with Gasteiger partial charge in [0, 0.05) is 41.1 Å². The molecule has 1 spiro atoms. The average Bonchev–Trinajstić information content (AvgIpc) is 3.28. The third-order valence-electron chi connectivity index (χ3n) is 7.30. The van der Waals surface area contributed by atoms with E-state index in [0.29, 0.717) is 17.2 Å². The third-order valence-corrected chi connectivity index (χ3v) is 7.79. The highest BCUT2D eigenvalue weighted by Crippen LogP contribution is 2.57. The van der Waals surface area contributed by atoms with Crippen LogP contribution in [0.1, 0.15) is 42.6 Å². The van der Waals surface area contributed by atoms with Crippen molar-refractivity contribution in [3.63, 3.8) is 0 Å². The second-order valence-corrected chi connectivity index (χ2v) is 9.58. The summed E-state index contributed by atoms with van der Waals surface area (Å²) in [5.74, 6) is 1.37. The van der Waals surface area contributed by atoms with Gasteiger partial charge < -0.3 is 5.32 Å². The van der Waals surface area contributed by atoms with E-state index in [1.54, 1.807) is 0 Å². The molecule has 2 aliphatic heterocycles. The zero-order valence-electron chi connectivity index (χ0n) is 14.7. The zero-order valence-corrected chi connectivity index (χ0v) is 16.3. The molecule has 2 aliphatic carbocycles. The summed E-state index contributed by atoms with van der Waals surface area (Å²) in [7, 11) is 0. The molecular formula is C20H23BrN4O. The van der Waals surface area contributed by atoms with Crippen LogP contribution in [-0.2, 0) is 6.54 Å². The van der Waals surface area contributed by atoms with Crippen molar-refractivity contribution in [2.24, 2.45) is 11.8 Å². The third kappa shape index (κ3) is 2.12. The van der Waals surface area contributed by atoms with Gasteiger partial charge in [-0.25, -0.2) is 0 Å². The summed E-state index contributed by atoms with van der Waals surface area (Å²) in [5.41, 5.74) is 2.10. The number of aromatic nitrogens is 2. The lowest BCUT2D eigenvalue weighted by atomic mass is 9.61. The Morgan fingerprint density at radius 1 is 1.31 bits per heavy atom. The molecule has 6 heteroatoms. The zero-order chi connectivity index (χ0) is 17.5. The molecule has 4 fully saturated rings. The van der Waals surface area contributed by atoms with Crippen LogP contribution in [-0.4, -0.2) is 45.3 Å². The monoisotopic (exact) mass is 414 g/mol. The van der Waals surface area contributed by atoms with Gasteiger partial charge >= 0.3 is 0 Å². The first-order valence-electron chi connectivity index (χ1n) is 9.86. The first-order valence-corrected chi connectivity index (χ1v) is 10.7. The first kappa shape index (κ1) is 15.6. The summed E-state index contributed by atoms with van der Waals surface area (Å²) < 4.78 is 3.04. The van der Waals surface area contributed by atoms with Gasteiger partial charge in [0.2, 0.25) is 0 Å². The van der Waals surface area contributed by atoms with E-state index >= 15 is 0 Å². The van der Waals surface area contributed by atoms with Crippen LogP contribution in [0.15, 0.2) is 22.7 Å². The molecule has 2 saturated carbocycles. The quantitative estimate of drug-likeness (QED) is 0.835. The molecule has 26 heavy (non-hydrogen) atoms. The molecule has 0 bridgehead atoms. The topological polar surface area (TPSA) is 50.2 Å². The maximum Gasteiger partial charge on any atom is 0.272 e. The van der Waals surface area contributed by atoms with Crippen LogP contribution in [0, 0.1) is 11.8 Å². The summed E-state index contributed by atoms with van der Waals surface area (Å²) in [6.07, 6.45) is 6.44. The summed E-state index contributed by atoms with van der Waals surface area (Å²) >= 11 is 3.55. The molecule has 1 amide bonds. The number of rotatable bonds is 4. The van der Waals surface area contributed by atoms with Gasteiger partial charge in [-0.05, 0) is 62.1 Å². The Morgan fingerprint density at radius 2 is 2.19 bits per heavy atom. The van der Waals surface area contributed by atoms with Crippen LogP contribution in [0.25, 0.3) is 10.9 Å². The Hall–Kier alpha value is -1.40. The number of carbonyl (C=O) groups excluding carboxylic acids is 1. The maximum atomic E-state index is 13.1. The van der Waals surface area contributed by atoms with E-state index in [4.69, 9.17) is 5.10 Å². The molecule has 4 aliphatic rings. The summed E-state index contributed by atoms with van der Waals surface area (Å²) in [6, 6.07) is 6.44. The lowest BCUT2D eigenvalue weighted by molar-refractivity contribution is -0.0676. The van der Waals surface area contributed by atoms with Crippen LogP contribution < -0.4 is 5.32 Å². The van der Waals surface area contributed by atoms with E-state index in [1.807, 2.05) is 16.8 Å². The standard InChI is InChI=1S/C20H23BrN4O/c21-13-3-4-17-14(9-13)18(23-25(17)10-12-1-2-12)19(26)22-16-11-24-8-7-20(24)6-5-15(16)20/h3-4,9,12,15-16H,1-2,5-8,10-11H2,(H,22,26)/t15-,16-,20?/m1/s1. The Bertz CT molecular complexity index is 916. The second kappa shape index (κ2) is 5.32. The van der Waals surface area contributed by atoms with Crippen molar-refractivity contribution >= 4 is 32.7 Å². The SMILES string of the molecule is O=C(N[C@@H]1CN2CCC23CC[C@H]13)c1nn(CC2CC2)c2ccc(Br)cc12. The van der Waals surface area contributed by atoms with Crippen molar-refractivity contribution < 1.29 is 4.79 Å². The number of carbonyl (C=O) groups is 1. The van der Waals surface area contributed by atoms with E-state index in [1.165, 1.54) is 38.6 Å². The number of hydrogen-bond acceptors (Lipinski definition) is 3. The van der Waals surface area contributed by atoms with Crippen LogP contribution in [0.5, 0.6) is 0 Å². The average molecular weight is 415 g/mol. The van der Waals surface area contributed by atoms with Gasteiger partial charge in [-0.15, -0.1) is 0 Å². The Morgan fingerprint density at radius 3 is 2.85 bits per heavy atom. The van der Waals surface area contributed by atoms with Crippen LogP contribution >= 0.6 is 15.9 Å².